The summed E-state index contributed by atoms with van der Waals surface area (Å²) in [7, 11) is 0. The van der Waals surface area contributed by atoms with Gasteiger partial charge in [0.15, 0.2) is 5.60 Å². The van der Waals surface area contributed by atoms with E-state index < -0.39 is 24.0 Å². The highest BCUT2D eigenvalue weighted by molar-refractivity contribution is 7.18. The number of aliphatic hydroxyl groups is 1. The lowest BCUT2D eigenvalue weighted by atomic mass is 9.97. The Kier molecular flexibility index (Phi) is 5.10. The number of hydrogen-bond acceptors (Lipinski definition) is 6. The van der Waals surface area contributed by atoms with Crippen LogP contribution in [0, 0.1) is 0 Å². The molecule has 0 bridgehead atoms. The summed E-state index contributed by atoms with van der Waals surface area (Å²) in [5, 5.41) is 21.5. The number of thiophene rings is 1. The van der Waals surface area contributed by atoms with E-state index in [2.05, 4.69) is 10.3 Å². The zero-order valence-corrected chi connectivity index (χ0v) is 15.3. The fraction of sp³-hybridized carbons (Fsp3) is 0.529. The molecule has 0 saturated carbocycles. The molecule has 2 aromatic rings. The molecule has 1 atom stereocenters. The molecule has 0 spiro atoms. The molecular formula is C17H21N3O5S. The summed E-state index contributed by atoms with van der Waals surface area (Å²) in [5.74, 6) is -1.85. The molecule has 2 aromatic heterocycles. The van der Waals surface area contributed by atoms with Crippen molar-refractivity contribution in [3.8, 4) is 0 Å². The van der Waals surface area contributed by atoms with Crippen LogP contribution in [0.15, 0.2) is 11.1 Å². The predicted octanol–water partition coefficient (Wildman–Crippen LogP) is 0.679. The fourth-order valence-electron chi connectivity index (χ4n) is 3.00. The largest absolute Gasteiger partial charge is 0.479 e. The van der Waals surface area contributed by atoms with Crippen LogP contribution in [0.5, 0.6) is 0 Å². The van der Waals surface area contributed by atoms with Gasteiger partial charge in [0.2, 0.25) is 5.91 Å². The number of fused-ring (bicyclic) bond motifs is 3. The van der Waals surface area contributed by atoms with Gasteiger partial charge in [0.1, 0.15) is 4.83 Å². The van der Waals surface area contributed by atoms with Crippen molar-refractivity contribution in [3.05, 3.63) is 27.1 Å². The van der Waals surface area contributed by atoms with E-state index in [-0.39, 0.29) is 18.5 Å². The molecule has 3 rings (SSSR count). The Morgan fingerprint density at radius 2 is 2.12 bits per heavy atom. The SMILES string of the molecule is CC(O)(CNC(=O)CCn1cnc2sc3c(c2c1=O)CCCC3)C(=O)O. The van der Waals surface area contributed by atoms with Crippen LogP contribution in [-0.2, 0) is 29.0 Å². The second-order valence-corrected chi connectivity index (χ2v) is 7.82. The Morgan fingerprint density at radius 1 is 1.38 bits per heavy atom. The summed E-state index contributed by atoms with van der Waals surface area (Å²) in [6.07, 6.45) is 5.53. The van der Waals surface area contributed by atoms with Gasteiger partial charge < -0.3 is 15.5 Å². The number of carbonyl (C=O) groups excluding carboxylic acids is 1. The van der Waals surface area contributed by atoms with Gasteiger partial charge >= 0.3 is 5.97 Å². The third kappa shape index (κ3) is 3.63. The van der Waals surface area contributed by atoms with Gasteiger partial charge in [0.05, 0.1) is 18.3 Å². The smallest absolute Gasteiger partial charge is 0.337 e. The number of nitrogens with one attached hydrogen (secondary N) is 1. The number of carbonyl (C=O) groups is 2. The van der Waals surface area contributed by atoms with Crippen LogP contribution in [-0.4, -0.2) is 43.8 Å². The van der Waals surface area contributed by atoms with Crippen LogP contribution >= 0.6 is 11.3 Å². The zero-order valence-electron chi connectivity index (χ0n) is 14.4. The highest BCUT2D eigenvalue weighted by Gasteiger charge is 2.30. The second kappa shape index (κ2) is 7.16. The van der Waals surface area contributed by atoms with E-state index in [1.807, 2.05) is 0 Å². The van der Waals surface area contributed by atoms with Crippen molar-refractivity contribution in [1.29, 1.82) is 0 Å². The van der Waals surface area contributed by atoms with Crippen LogP contribution < -0.4 is 10.9 Å². The molecule has 1 aliphatic rings. The lowest BCUT2D eigenvalue weighted by Gasteiger charge is -2.18. The van der Waals surface area contributed by atoms with E-state index in [9.17, 15) is 19.5 Å². The molecule has 1 amide bonds. The van der Waals surface area contributed by atoms with Gasteiger partial charge in [-0.05, 0) is 38.2 Å². The summed E-state index contributed by atoms with van der Waals surface area (Å²) in [6.45, 7) is 0.858. The van der Waals surface area contributed by atoms with Crippen molar-refractivity contribution < 1.29 is 19.8 Å². The minimum Gasteiger partial charge on any atom is -0.479 e. The van der Waals surface area contributed by atoms with Crippen molar-refractivity contribution in [2.24, 2.45) is 0 Å². The molecule has 140 valence electrons. The van der Waals surface area contributed by atoms with Gasteiger partial charge in [-0.15, -0.1) is 11.3 Å². The summed E-state index contributed by atoms with van der Waals surface area (Å²) >= 11 is 1.57. The molecular weight excluding hydrogens is 358 g/mol. The van der Waals surface area contributed by atoms with Crippen molar-refractivity contribution >= 4 is 33.4 Å². The van der Waals surface area contributed by atoms with Crippen molar-refractivity contribution in [2.75, 3.05) is 6.54 Å². The van der Waals surface area contributed by atoms with Crippen LogP contribution in [0.4, 0.5) is 0 Å². The minimum absolute atomic E-state index is 0.00484. The number of nitrogens with zero attached hydrogens (tertiary/aromatic N) is 2. The van der Waals surface area contributed by atoms with Crippen LogP contribution in [0.3, 0.4) is 0 Å². The first kappa shape index (κ1) is 18.5. The minimum atomic E-state index is -2.03. The van der Waals surface area contributed by atoms with Gasteiger partial charge in [-0.2, -0.15) is 0 Å². The Morgan fingerprint density at radius 3 is 2.85 bits per heavy atom. The zero-order chi connectivity index (χ0) is 18.9. The average molecular weight is 379 g/mol. The molecule has 2 heterocycles. The van der Waals surface area contributed by atoms with Crippen molar-refractivity contribution in [1.82, 2.24) is 14.9 Å². The number of aliphatic carboxylic acids is 1. The second-order valence-electron chi connectivity index (χ2n) is 6.74. The van der Waals surface area contributed by atoms with Crippen LogP contribution in [0.2, 0.25) is 0 Å². The molecule has 0 fully saturated rings. The number of hydrogen-bond donors (Lipinski definition) is 3. The number of carboxylic acid groups (broad SMARTS) is 1. The molecule has 1 unspecified atom stereocenters. The van der Waals surface area contributed by atoms with Crippen LogP contribution in [0.25, 0.3) is 10.2 Å². The quantitative estimate of drug-likeness (QED) is 0.678. The van der Waals surface area contributed by atoms with Crippen LogP contribution in [0.1, 0.15) is 36.6 Å². The normalized spacial score (nSPS) is 16.1. The molecule has 8 nitrogen and oxygen atoms in total. The molecule has 26 heavy (non-hydrogen) atoms. The Hall–Kier alpha value is -2.26. The average Bonchev–Trinajstić information content (AvgIpc) is 2.98. The van der Waals surface area contributed by atoms with Crippen molar-refractivity contribution in [2.45, 2.75) is 51.2 Å². The third-order valence-corrected chi connectivity index (χ3v) is 5.81. The Labute approximate surface area is 153 Å². The molecule has 0 radical (unpaired) electrons. The van der Waals surface area contributed by atoms with E-state index in [0.29, 0.717) is 5.39 Å². The summed E-state index contributed by atoms with van der Waals surface area (Å²) < 4.78 is 1.42. The van der Waals surface area contributed by atoms with Gasteiger partial charge in [-0.1, -0.05) is 0 Å². The number of rotatable bonds is 6. The van der Waals surface area contributed by atoms with E-state index in [0.717, 1.165) is 43.0 Å². The topological polar surface area (TPSA) is 122 Å². The molecule has 1 aliphatic carbocycles. The molecule has 9 heteroatoms. The maximum Gasteiger partial charge on any atom is 0.337 e. The Balaban J connectivity index is 1.70. The van der Waals surface area contributed by atoms with Gasteiger partial charge in [-0.3, -0.25) is 14.2 Å². The first-order valence-electron chi connectivity index (χ1n) is 8.52. The van der Waals surface area contributed by atoms with Gasteiger partial charge in [-0.25, -0.2) is 9.78 Å². The molecule has 0 aromatic carbocycles. The first-order valence-corrected chi connectivity index (χ1v) is 9.33. The Bertz CT molecular complexity index is 915. The lowest BCUT2D eigenvalue weighted by molar-refractivity contribution is -0.156. The maximum absolute atomic E-state index is 12.8. The predicted molar refractivity (Wildman–Crippen MR) is 96.4 cm³/mol. The standard InChI is InChI=1S/C17H21N3O5S/c1-17(25,16(23)24)8-18-12(21)6-7-20-9-19-14-13(15(20)22)10-4-2-3-5-11(10)26-14/h9,25H,2-8H2,1H3,(H,18,21)(H,23,24). The number of carboxylic acids is 1. The van der Waals surface area contributed by atoms with Gasteiger partial charge in [0, 0.05) is 17.8 Å². The molecule has 0 saturated heterocycles. The lowest BCUT2D eigenvalue weighted by Crippen LogP contribution is -2.46. The summed E-state index contributed by atoms with van der Waals surface area (Å²) in [4.78, 5) is 41.8. The fourth-order valence-corrected chi connectivity index (χ4v) is 4.22. The third-order valence-electron chi connectivity index (χ3n) is 4.61. The number of aryl methyl sites for hydroxylation is 3. The van der Waals surface area contributed by atoms with E-state index >= 15 is 0 Å². The van der Waals surface area contributed by atoms with E-state index in [1.54, 1.807) is 11.3 Å². The number of amides is 1. The summed E-state index contributed by atoms with van der Waals surface area (Å²) in [5.41, 5.74) is -1.06. The number of aromatic nitrogens is 2. The first-order chi connectivity index (χ1) is 12.3. The molecule has 0 aliphatic heterocycles. The van der Waals surface area contributed by atoms with Crippen molar-refractivity contribution in [3.63, 3.8) is 0 Å². The summed E-state index contributed by atoms with van der Waals surface area (Å²) in [6, 6.07) is 0. The highest BCUT2D eigenvalue weighted by Crippen LogP contribution is 2.33. The van der Waals surface area contributed by atoms with E-state index in [4.69, 9.17) is 5.11 Å². The highest BCUT2D eigenvalue weighted by atomic mass is 32.1. The van der Waals surface area contributed by atoms with Gasteiger partial charge in [0.25, 0.3) is 5.56 Å². The van der Waals surface area contributed by atoms with E-state index in [1.165, 1.54) is 15.8 Å². The maximum atomic E-state index is 12.8. The monoisotopic (exact) mass is 379 g/mol. The molecule has 3 N–H and O–H groups in total.